The van der Waals surface area contributed by atoms with Crippen LogP contribution in [0.15, 0.2) is 50.3 Å². The molecule has 0 aliphatic heterocycles. The largest absolute Gasteiger partial charge is 0.360 e. The molecule has 1 N–H and O–H groups in total. The topological polar surface area (TPSA) is 55.1 Å². The summed E-state index contributed by atoms with van der Waals surface area (Å²) in [5, 5.41) is 9.07. The Balaban J connectivity index is 1.77. The Morgan fingerprint density at radius 3 is 2.96 bits per heavy atom. The predicted molar refractivity (Wildman–Crippen MR) is 97.3 cm³/mol. The molecule has 0 saturated carbocycles. The highest BCUT2D eigenvalue weighted by Gasteiger charge is 2.11. The summed E-state index contributed by atoms with van der Waals surface area (Å²) in [6, 6.07) is 11.3. The van der Waals surface area contributed by atoms with E-state index in [4.69, 9.17) is 16.1 Å². The minimum Gasteiger partial charge on any atom is -0.360 e. The number of hydrogen-bond donors (Lipinski definition) is 1. The monoisotopic (exact) mass is 410 g/mol. The van der Waals surface area contributed by atoms with Gasteiger partial charge in [0, 0.05) is 25.8 Å². The third-order valence-corrected chi connectivity index (χ3v) is 5.22. The lowest BCUT2D eigenvalue weighted by Gasteiger charge is -2.09. The molecule has 0 fully saturated rings. The summed E-state index contributed by atoms with van der Waals surface area (Å²) in [6.07, 6.45) is 0. The molecule has 0 radical (unpaired) electrons. The van der Waals surface area contributed by atoms with Crippen molar-refractivity contribution in [1.82, 2.24) is 5.16 Å². The molecular formula is C16H12BrClN2O2S. The van der Waals surface area contributed by atoms with Gasteiger partial charge in [-0.3, -0.25) is 4.79 Å². The third kappa shape index (κ3) is 3.71. The second kappa shape index (κ2) is 6.95. The minimum absolute atomic E-state index is 0.147. The van der Waals surface area contributed by atoms with E-state index in [-0.39, 0.29) is 11.7 Å². The molecule has 4 nitrogen and oxygen atoms in total. The second-order valence-electron chi connectivity index (χ2n) is 4.87. The van der Waals surface area contributed by atoms with Crippen LogP contribution in [0.25, 0.3) is 10.8 Å². The van der Waals surface area contributed by atoms with Gasteiger partial charge in [-0.25, -0.2) is 0 Å². The van der Waals surface area contributed by atoms with E-state index in [1.807, 2.05) is 30.3 Å². The highest BCUT2D eigenvalue weighted by Crippen LogP contribution is 2.37. The van der Waals surface area contributed by atoms with E-state index >= 15 is 0 Å². The van der Waals surface area contributed by atoms with E-state index in [0.29, 0.717) is 16.6 Å². The zero-order valence-electron chi connectivity index (χ0n) is 12.1. The second-order valence-corrected chi connectivity index (χ2v) is 7.15. The molecule has 0 bridgehead atoms. The maximum absolute atomic E-state index is 12.0. The van der Waals surface area contributed by atoms with Gasteiger partial charge in [-0.05, 0) is 30.5 Å². The quantitative estimate of drug-likeness (QED) is 0.593. The molecule has 7 heteroatoms. The highest BCUT2D eigenvalue weighted by molar-refractivity contribution is 9.10. The van der Waals surface area contributed by atoms with Crippen molar-refractivity contribution in [2.24, 2.45) is 0 Å². The lowest BCUT2D eigenvalue weighted by atomic mass is 10.1. The fourth-order valence-corrected chi connectivity index (χ4v) is 3.85. The number of anilines is 1. The minimum atomic E-state index is -0.147. The number of nitrogens with one attached hydrogen (secondary N) is 1. The molecule has 1 heterocycles. The van der Waals surface area contributed by atoms with Crippen LogP contribution in [0.5, 0.6) is 0 Å². The van der Waals surface area contributed by atoms with Crippen LogP contribution in [0.4, 0.5) is 5.82 Å². The van der Waals surface area contributed by atoms with Crippen LogP contribution in [0.2, 0.25) is 5.02 Å². The predicted octanol–water partition coefficient (Wildman–Crippen LogP) is 5.28. The molecule has 2 aromatic carbocycles. The Morgan fingerprint density at radius 1 is 1.39 bits per heavy atom. The Kier molecular flexibility index (Phi) is 4.94. The van der Waals surface area contributed by atoms with Gasteiger partial charge >= 0.3 is 0 Å². The van der Waals surface area contributed by atoms with Crippen molar-refractivity contribution in [3.8, 4) is 0 Å². The van der Waals surface area contributed by atoms with Gasteiger partial charge in [-0.15, -0.1) is 11.8 Å². The molecule has 23 heavy (non-hydrogen) atoms. The van der Waals surface area contributed by atoms with Crippen molar-refractivity contribution in [3.63, 3.8) is 0 Å². The van der Waals surface area contributed by atoms with Crippen molar-refractivity contribution >= 4 is 61.8 Å². The van der Waals surface area contributed by atoms with E-state index < -0.39 is 0 Å². The SMILES string of the molecule is Cc1cc(NC(=O)CSc2ccc(Br)c3cccc(Cl)c23)no1. The van der Waals surface area contributed by atoms with Gasteiger partial charge < -0.3 is 9.84 Å². The first-order chi connectivity index (χ1) is 11.0. The molecule has 1 amide bonds. The number of halogens is 2. The van der Waals surface area contributed by atoms with E-state index in [1.165, 1.54) is 11.8 Å². The fourth-order valence-electron chi connectivity index (χ4n) is 2.16. The molecule has 0 atom stereocenters. The van der Waals surface area contributed by atoms with Gasteiger partial charge in [0.05, 0.1) is 5.75 Å². The van der Waals surface area contributed by atoms with Gasteiger partial charge in [0.1, 0.15) is 5.76 Å². The maximum atomic E-state index is 12.0. The molecule has 0 aliphatic rings. The number of benzene rings is 2. The Labute approximate surface area is 150 Å². The molecule has 1 aromatic heterocycles. The summed E-state index contributed by atoms with van der Waals surface area (Å²) >= 11 is 11.3. The lowest BCUT2D eigenvalue weighted by Crippen LogP contribution is -2.14. The number of rotatable bonds is 4. The summed E-state index contributed by atoms with van der Waals surface area (Å²) < 4.78 is 5.89. The molecule has 0 spiro atoms. The number of hydrogen-bond acceptors (Lipinski definition) is 4. The highest BCUT2D eigenvalue weighted by atomic mass is 79.9. The van der Waals surface area contributed by atoms with Crippen LogP contribution >= 0.6 is 39.3 Å². The number of aryl methyl sites for hydroxylation is 1. The number of fused-ring (bicyclic) bond motifs is 1. The van der Waals surface area contributed by atoms with E-state index in [0.717, 1.165) is 20.1 Å². The number of carbonyl (C=O) groups is 1. The third-order valence-electron chi connectivity index (χ3n) is 3.15. The molecule has 3 rings (SSSR count). The van der Waals surface area contributed by atoms with Crippen molar-refractivity contribution in [2.45, 2.75) is 11.8 Å². The number of nitrogens with zero attached hydrogens (tertiary/aromatic N) is 1. The summed E-state index contributed by atoms with van der Waals surface area (Å²) in [7, 11) is 0. The molecule has 0 saturated heterocycles. The van der Waals surface area contributed by atoms with Crippen LogP contribution in [0.3, 0.4) is 0 Å². The Hall–Kier alpha value is -1.50. The van der Waals surface area contributed by atoms with E-state index in [9.17, 15) is 4.79 Å². The van der Waals surface area contributed by atoms with Crippen LogP contribution in [-0.2, 0) is 4.79 Å². The summed E-state index contributed by atoms with van der Waals surface area (Å²) in [6.45, 7) is 1.77. The number of amides is 1. The summed E-state index contributed by atoms with van der Waals surface area (Å²) in [5.74, 6) is 1.19. The zero-order valence-corrected chi connectivity index (χ0v) is 15.3. The standard InChI is InChI=1S/C16H12BrClN2O2S/c1-9-7-14(20-22-9)19-15(21)8-23-13-6-5-11(17)10-3-2-4-12(18)16(10)13/h2-7H,8H2,1H3,(H,19,20,21). The molecule has 0 unspecified atom stereocenters. The average Bonchev–Trinajstić information content (AvgIpc) is 2.92. The molecular weight excluding hydrogens is 400 g/mol. The van der Waals surface area contributed by atoms with Crippen molar-refractivity contribution in [1.29, 1.82) is 0 Å². The maximum Gasteiger partial charge on any atom is 0.235 e. The van der Waals surface area contributed by atoms with Gasteiger partial charge in [-0.2, -0.15) is 0 Å². The molecule has 3 aromatic rings. The van der Waals surface area contributed by atoms with Gasteiger partial charge in [0.2, 0.25) is 5.91 Å². The molecule has 0 aliphatic carbocycles. The summed E-state index contributed by atoms with van der Waals surface area (Å²) in [5.41, 5.74) is 0. The first-order valence-electron chi connectivity index (χ1n) is 6.77. The fraction of sp³-hybridized carbons (Fsp3) is 0.125. The van der Waals surface area contributed by atoms with Crippen molar-refractivity contribution in [2.75, 3.05) is 11.1 Å². The molecule has 118 valence electrons. The van der Waals surface area contributed by atoms with E-state index in [1.54, 1.807) is 13.0 Å². The Morgan fingerprint density at radius 2 is 2.22 bits per heavy atom. The Bertz CT molecular complexity index is 882. The van der Waals surface area contributed by atoms with Crippen LogP contribution in [0.1, 0.15) is 5.76 Å². The first-order valence-corrected chi connectivity index (χ1v) is 8.93. The van der Waals surface area contributed by atoms with Gasteiger partial charge in [-0.1, -0.05) is 44.8 Å². The number of carbonyl (C=O) groups excluding carboxylic acids is 1. The first kappa shape index (κ1) is 16.4. The van der Waals surface area contributed by atoms with Crippen LogP contribution < -0.4 is 5.32 Å². The summed E-state index contributed by atoms with van der Waals surface area (Å²) in [4.78, 5) is 13.0. The zero-order chi connectivity index (χ0) is 16.4. The normalized spacial score (nSPS) is 10.9. The van der Waals surface area contributed by atoms with Crippen molar-refractivity contribution < 1.29 is 9.32 Å². The van der Waals surface area contributed by atoms with Crippen LogP contribution in [0, 0.1) is 6.92 Å². The van der Waals surface area contributed by atoms with E-state index in [2.05, 4.69) is 26.4 Å². The number of thioether (sulfide) groups is 1. The smallest absolute Gasteiger partial charge is 0.235 e. The van der Waals surface area contributed by atoms with Crippen LogP contribution in [-0.4, -0.2) is 16.8 Å². The van der Waals surface area contributed by atoms with Gasteiger partial charge in [0.15, 0.2) is 5.82 Å². The lowest BCUT2D eigenvalue weighted by molar-refractivity contribution is -0.113. The van der Waals surface area contributed by atoms with Gasteiger partial charge in [0.25, 0.3) is 0 Å². The average molecular weight is 412 g/mol. The number of aromatic nitrogens is 1. The van der Waals surface area contributed by atoms with Crippen molar-refractivity contribution in [3.05, 3.63) is 51.7 Å².